The van der Waals surface area contributed by atoms with Crippen LogP contribution in [-0.4, -0.2) is 35.0 Å². The van der Waals surface area contributed by atoms with Gasteiger partial charge in [-0.25, -0.2) is 15.0 Å². The second kappa shape index (κ2) is 9.78. The second-order valence-corrected chi connectivity index (χ2v) is 7.73. The number of carbonyl (C=O) groups is 1. The Bertz CT molecular complexity index is 1260. The number of amides is 1. The van der Waals surface area contributed by atoms with Crippen LogP contribution >= 0.6 is 0 Å². The van der Waals surface area contributed by atoms with Crippen LogP contribution in [0, 0.1) is 6.92 Å². The van der Waals surface area contributed by atoms with E-state index in [1.807, 2.05) is 80.5 Å². The zero-order valence-electron chi connectivity index (χ0n) is 18.7. The van der Waals surface area contributed by atoms with Crippen LogP contribution in [0.1, 0.15) is 15.9 Å². The topological polar surface area (TPSA) is 95.1 Å². The Morgan fingerprint density at radius 3 is 2.21 bits per heavy atom. The molecule has 166 valence electrons. The molecule has 0 aliphatic rings. The van der Waals surface area contributed by atoms with E-state index in [1.165, 1.54) is 6.33 Å². The molecular formula is C25H25N7O. The minimum Gasteiger partial charge on any atom is -0.378 e. The number of hydrogen-bond donors (Lipinski definition) is 3. The van der Waals surface area contributed by atoms with E-state index in [4.69, 9.17) is 0 Å². The minimum absolute atomic E-state index is 0.157. The van der Waals surface area contributed by atoms with Gasteiger partial charge in [0.2, 0.25) is 0 Å². The molecule has 8 heteroatoms. The maximum absolute atomic E-state index is 12.6. The van der Waals surface area contributed by atoms with E-state index in [0.29, 0.717) is 22.9 Å². The van der Waals surface area contributed by atoms with E-state index in [2.05, 4.69) is 30.9 Å². The largest absolute Gasteiger partial charge is 0.378 e. The molecular weight excluding hydrogens is 414 g/mol. The monoisotopic (exact) mass is 439 g/mol. The molecule has 0 unspecified atom stereocenters. The van der Waals surface area contributed by atoms with Crippen molar-refractivity contribution in [2.45, 2.75) is 6.92 Å². The first-order valence-corrected chi connectivity index (χ1v) is 10.4. The van der Waals surface area contributed by atoms with Crippen LogP contribution in [0.2, 0.25) is 0 Å². The predicted octanol–water partition coefficient (Wildman–Crippen LogP) is 4.99. The molecule has 0 aliphatic carbocycles. The van der Waals surface area contributed by atoms with Gasteiger partial charge in [0.25, 0.3) is 5.91 Å². The molecule has 4 aromatic rings. The van der Waals surface area contributed by atoms with E-state index in [1.54, 1.807) is 18.3 Å². The number of aryl methyl sites for hydroxylation is 1. The van der Waals surface area contributed by atoms with Crippen molar-refractivity contribution < 1.29 is 4.79 Å². The number of carbonyl (C=O) groups excluding carboxylic acids is 1. The first-order chi connectivity index (χ1) is 16.0. The smallest absolute Gasteiger partial charge is 0.255 e. The summed E-state index contributed by atoms with van der Waals surface area (Å²) in [6.07, 6.45) is 3.23. The maximum atomic E-state index is 12.6. The zero-order valence-corrected chi connectivity index (χ0v) is 18.7. The van der Waals surface area contributed by atoms with Gasteiger partial charge in [0.15, 0.2) is 0 Å². The molecule has 0 saturated heterocycles. The van der Waals surface area contributed by atoms with Crippen molar-refractivity contribution in [1.82, 2.24) is 15.0 Å². The number of hydrogen-bond acceptors (Lipinski definition) is 7. The van der Waals surface area contributed by atoms with Gasteiger partial charge in [-0.3, -0.25) is 4.79 Å². The van der Waals surface area contributed by atoms with E-state index >= 15 is 0 Å². The first-order valence-electron chi connectivity index (χ1n) is 10.4. The van der Waals surface area contributed by atoms with E-state index in [0.717, 1.165) is 22.8 Å². The molecule has 0 saturated carbocycles. The highest BCUT2D eigenvalue weighted by molar-refractivity contribution is 6.04. The summed E-state index contributed by atoms with van der Waals surface area (Å²) in [5.41, 5.74) is 4.22. The van der Waals surface area contributed by atoms with Crippen LogP contribution in [0.15, 0.2) is 79.3 Å². The number of anilines is 6. The molecule has 0 spiro atoms. The maximum Gasteiger partial charge on any atom is 0.255 e. The zero-order chi connectivity index (χ0) is 23.2. The van der Waals surface area contributed by atoms with Gasteiger partial charge in [0, 0.05) is 49.0 Å². The lowest BCUT2D eigenvalue weighted by Gasteiger charge is -2.13. The normalized spacial score (nSPS) is 10.4. The van der Waals surface area contributed by atoms with Crippen LogP contribution in [0.4, 0.5) is 34.5 Å². The van der Waals surface area contributed by atoms with Crippen molar-refractivity contribution in [3.63, 3.8) is 0 Å². The summed E-state index contributed by atoms with van der Waals surface area (Å²) in [6, 6.07) is 20.6. The molecule has 8 nitrogen and oxygen atoms in total. The third-order valence-electron chi connectivity index (χ3n) is 4.88. The fourth-order valence-electron chi connectivity index (χ4n) is 3.14. The molecule has 0 fully saturated rings. The lowest BCUT2D eigenvalue weighted by molar-refractivity contribution is 0.102. The van der Waals surface area contributed by atoms with Gasteiger partial charge in [0.05, 0.1) is 0 Å². The quantitative estimate of drug-likeness (QED) is 0.374. The highest BCUT2D eigenvalue weighted by Gasteiger charge is 2.08. The van der Waals surface area contributed by atoms with Crippen molar-refractivity contribution in [3.05, 3.63) is 90.4 Å². The van der Waals surface area contributed by atoms with Gasteiger partial charge in [-0.15, -0.1) is 0 Å². The summed E-state index contributed by atoms with van der Waals surface area (Å²) in [5.74, 6) is 1.83. The summed E-state index contributed by atoms with van der Waals surface area (Å²) >= 11 is 0. The average Bonchev–Trinajstić information content (AvgIpc) is 2.81. The third kappa shape index (κ3) is 5.82. The highest BCUT2D eigenvalue weighted by atomic mass is 16.1. The second-order valence-electron chi connectivity index (χ2n) is 7.73. The molecule has 3 N–H and O–H groups in total. The van der Waals surface area contributed by atoms with E-state index < -0.39 is 0 Å². The van der Waals surface area contributed by atoms with Crippen molar-refractivity contribution in [2.75, 3.05) is 34.9 Å². The lowest BCUT2D eigenvalue weighted by Crippen LogP contribution is -2.14. The Morgan fingerprint density at radius 1 is 0.788 bits per heavy atom. The molecule has 2 aromatic carbocycles. The van der Waals surface area contributed by atoms with Crippen LogP contribution < -0.4 is 20.9 Å². The summed E-state index contributed by atoms with van der Waals surface area (Å²) in [4.78, 5) is 27.4. The standard InChI is InChI=1S/C25H25N7O/c1-17-11-12-26-22(13-17)31-24-15-23(27-16-28-24)29-19-7-9-20(10-8-19)30-25(33)18-5-4-6-21(14-18)32(2)3/h4-16H,1-3H3,(H,30,33)(H2,26,27,28,29,31). The molecule has 33 heavy (non-hydrogen) atoms. The van der Waals surface area contributed by atoms with Crippen LogP contribution in [0.5, 0.6) is 0 Å². The molecule has 0 bridgehead atoms. The van der Waals surface area contributed by atoms with E-state index in [9.17, 15) is 4.79 Å². The third-order valence-corrected chi connectivity index (χ3v) is 4.88. The fraction of sp³-hybridized carbons (Fsp3) is 0.120. The minimum atomic E-state index is -0.157. The summed E-state index contributed by atoms with van der Waals surface area (Å²) in [5, 5.41) is 9.35. The number of benzene rings is 2. The van der Waals surface area contributed by atoms with Gasteiger partial charge < -0.3 is 20.9 Å². The van der Waals surface area contributed by atoms with Crippen molar-refractivity contribution in [2.24, 2.45) is 0 Å². The number of rotatable bonds is 7. The molecule has 1 amide bonds. The summed E-state index contributed by atoms with van der Waals surface area (Å²) in [6.45, 7) is 2.01. The number of aromatic nitrogens is 3. The predicted molar refractivity (Wildman–Crippen MR) is 133 cm³/mol. The lowest BCUT2D eigenvalue weighted by atomic mass is 10.1. The van der Waals surface area contributed by atoms with Gasteiger partial charge >= 0.3 is 0 Å². The van der Waals surface area contributed by atoms with E-state index in [-0.39, 0.29) is 5.91 Å². The highest BCUT2D eigenvalue weighted by Crippen LogP contribution is 2.21. The number of pyridine rings is 1. The summed E-state index contributed by atoms with van der Waals surface area (Å²) < 4.78 is 0. The Kier molecular flexibility index (Phi) is 6.45. The van der Waals surface area contributed by atoms with Crippen molar-refractivity contribution in [3.8, 4) is 0 Å². The first kappa shape index (κ1) is 21.8. The van der Waals surface area contributed by atoms with Crippen LogP contribution in [0.3, 0.4) is 0 Å². The van der Waals surface area contributed by atoms with Gasteiger partial charge in [-0.05, 0) is 67.1 Å². The Hall–Kier alpha value is -4.46. The van der Waals surface area contributed by atoms with Crippen LogP contribution in [-0.2, 0) is 0 Å². The van der Waals surface area contributed by atoms with Crippen molar-refractivity contribution >= 4 is 40.4 Å². The van der Waals surface area contributed by atoms with Crippen molar-refractivity contribution in [1.29, 1.82) is 0 Å². The molecule has 0 aliphatic heterocycles. The number of nitrogens with zero attached hydrogens (tertiary/aromatic N) is 4. The van der Waals surface area contributed by atoms with Gasteiger partial charge in [-0.1, -0.05) is 6.07 Å². The molecule has 4 rings (SSSR count). The van der Waals surface area contributed by atoms with Gasteiger partial charge in [0.1, 0.15) is 23.8 Å². The Morgan fingerprint density at radius 2 is 1.48 bits per heavy atom. The van der Waals surface area contributed by atoms with Crippen LogP contribution in [0.25, 0.3) is 0 Å². The fourth-order valence-corrected chi connectivity index (χ4v) is 3.14. The number of nitrogens with one attached hydrogen (secondary N) is 3. The molecule has 0 atom stereocenters. The summed E-state index contributed by atoms with van der Waals surface area (Å²) in [7, 11) is 3.89. The molecule has 0 radical (unpaired) electrons. The SMILES string of the molecule is Cc1ccnc(Nc2cc(Nc3ccc(NC(=O)c4cccc(N(C)C)c4)cc3)ncn2)c1. The molecule has 2 aromatic heterocycles. The average molecular weight is 440 g/mol. The molecule has 2 heterocycles. The van der Waals surface area contributed by atoms with Gasteiger partial charge in [-0.2, -0.15) is 0 Å². The Balaban J connectivity index is 1.40. The Labute approximate surface area is 192 Å².